The van der Waals surface area contributed by atoms with E-state index >= 15 is 0 Å². The highest BCUT2D eigenvalue weighted by atomic mass is 16.5. The second-order valence-corrected chi connectivity index (χ2v) is 4.61. The number of hydrogen-bond acceptors (Lipinski definition) is 6. The largest absolute Gasteiger partial charge is 0.377 e. The van der Waals surface area contributed by atoms with E-state index in [1.807, 2.05) is 0 Å². The van der Waals surface area contributed by atoms with Crippen LogP contribution in [0.1, 0.15) is 23.5 Å². The highest BCUT2D eigenvalue weighted by Gasteiger charge is 2.37. The van der Waals surface area contributed by atoms with Crippen molar-refractivity contribution < 1.29 is 14.3 Å². The van der Waals surface area contributed by atoms with Crippen LogP contribution < -0.4 is 5.32 Å². The Balaban J connectivity index is 1.72. The monoisotopic (exact) mass is 266 g/mol. The number of hydrogen-bond donors (Lipinski definition) is 2. The van der Waals surface area contributed by atoms with E-state index in [1.165, 1.54) is 4.90 Å². The van der Waals surface area contributed by atoms with Crippen LogP contribution in [0.25, 0.3) is 0 Å². The molecule has 1 saturated heterocycles. The summed E-state index contributed by atoms with van der Waals surface area (Å²) >= 11 is 0. The van der Waals surface area contributed by atoms with Gasteiger partial charge in [0.05, 0.1) is 13.2 Å². The van der Waals surface area contributed by atoms with Gasteiger partial charge in [0, 0.05) is 12.6 Å². The molecule has 0 radical (unpaired) electrons. The van der Waals surface area contributed by atoms with Crippen LogP contribution in [0, 0.1) is 0 Å². The molecule has 0 spiro atoms. The summed E-state index contributed by atoms with van der Waals surface area (Å²) in [6.45, 7) is 0.940. The van der Waals surface area contributed by atoms with Gasteiger partial charge in [-0.05, 0) is 18.1 Å². The zero-order chi connectivity index (χ0) is 13.2. The number of carbonyl (C=O) groups is 2. The van der Waals surface area contributed by atoms with Gasteiger partial charge < -0.3 is 15.0 Å². The summed E-state index contributed by atoms with van der Waals surface area (Å²) < 4.78 is 5.28. The third-order valence-electron chi connectivity index (χ3n) is 3.15. The van der Waals surface area contributed by atoms with Gasteiger partial charge in [0.25, 0.3) is 11.7 Å². The summed E-state index contributed by atoms with van der Waals surface area (Å²) in [4.78, 5) is 25.7. The zero-order valence-corrected chi connectivity index (χ0v) is 10.2. The minimum Gasteiger partial charge on any atom is -0.377 e. The molecule has 2 fully saturated rings. The van der Waals surface area contributed by atoms with Gasteiger partial charge in [-0.2, -0.15) is 5.21 Å². The van der Waals surface area contributed by atoms with E-state index in [2.05, 4.69) is 25.9 Å². The number of morpholine rings is 1. The number of aromatic amines is 1. The smallest absolute Gasteiger partial charge is 0.296 e. The lowest BCUT2D eigenvalue weighted by Crippen LogP contribution is -2.56. The molecule has 1 atom stereocenters. The Kier molecular flexibility index (Phi) is 3.11. The molecule has 0 aromatic carbocycles. The molecule has 102 valence electrons. The van der Waals surface area contributed by atoms with E-state index in [-0.39, 0.29) is 24.4 Å². The fourth-order valence-corrected chi connectivity index (χ4v) is 1.97. The van der Waals surface area contributed by atoms with Gasteiger partial charge >= 0.3 is 0 Å². The molecule has 1 unspecified atom stereocenters. The van der Waals surface area contributed by atoms with Gasteiger partial charge in [0.15, 0.2) is 0 Å². The van der Waals surface area contributed by atoms with E-state index in [1.54, 1.807) is 0 Å². The molecule has 3 rings (SSSR count). The zero-order valence-electron chi connectivity index (χ0n) is 10.2. The lowest BCUT2D eigenvalue weighted by atomic mass is 10.2. The molecule has 1 aliphatic carbocycles. The first-order chi connectivity index (χ1) is 9.25. The summed E-state index contributed by atoms with van der Waals surface area (Å²) in [7, 11) is 0. The third kappa shape index (κ3) is 2.55. The Morgan fingerprint density at radius 1 is 1.42 bits per heavy atom. The SMILES string of the molecule is O=C(NC1CC1)C1COCCN1C(=O)c1nn[nH]n1. The van der Waals surface area contributed by atoms with Crippen molar-refractivity contribution >= 4 is 11.8 Å². The number of tetrazole rings is 1. The van der Waals surface area contributed by atoms with Gasteiger partial charge in [-0.15, -0.1) is 10.2 Å². The molecule has 0 bridgehead atoms. The van der Waals surface area contributed by atoms with Crippen LogP contribution >= 0.6 is 0 Å². The Bertz CT molecular complexity index is 472. The average molecular weight is 266 g/mol. The normalized spacial score (nSPS) is 23.2. The quantitative estimate of drug-likeness (QED) is 0.675. The maximum absolute atomic E-state index is 12.2. The summed E-state index contributed by atoms with van der Waals surface area (Å²) in [5, 5.41) is 15.7. The van der Waals surface area contributed by atoms with Crippen molar-refractivity contribution in [2.45, 2.75) is 24.9 Å². The topological polar surface area (TPSA) is 113 Å². The predicted octanol–water partition coefficient (Wildman–Crippen LogP) is -1.68. The molecule has 9 nitrogen and oxygen atoms in total. The van der Waals surface area contributed by atoms with Crippen molar-refractivity contribution in [1.82, 2.24) is 30.8 Å². The highest BCUT2D eigenvalue weighted by Crippen LogP contribution is 2.20. The number of ether oxygens (including phenoxy) is 1. The van der Waals surface area contributed by atoms with Crippen LogP contribution in [-0.4, -0.2) is 69.2 Å². The number of amides is 2. The Hall–Kier alpha value is -2.03. The standard InChI is InChI=1S/C10H14N6O3/c17-9(11-6-1-2-6)7-5-19-4-3-16(7)10(18)8-12-14-15-13-8/h6-7H,1-5H2,(H,11,17)(H,12,13,14,15). The molecule has 1 aromatic heterocycles. The van der Waals surface area contributed by atoms with Gasteiger partial charge in [-0.1, -0.05) is 0 Å². The minimum absolute atomic E-state index is 0.0360. The number of aromatic nitrogens is 4. The molecule has 1 aliphatic heterocycles. The van der Waals surface area contributed by atoms with Crippen LogP contribution in [0.5, 0.6) is 0 Å². The predicted molar refractivity (Wildman–Crippen MR) is 61.0 cm³/mol. The Morgan fingerprint density at radius 2 is 2.26 bits per heavy atom. The number of nitrogens with one attached hydrogen (secondary N) is 2. The molecule has 2 N–H and O–H groups in total. The fourth-order valence-electron chi connectivity index (χ4n) is 1.97. The van der Waals surface area contributed by atoms with E-state index in [9.17, 15) is 9.59 Å². The summed E-state index contributed by atoms with van der Waals surface area (Å²) in [5.74, 6) is -0.627. The molecule has 2 amide bonds. The first-order valence-electron chi connectivity index (χ1n) is 6.18. The molecule has 2 aliphatic rings. The van der Waals surface area contributed by atoms with Crippen molar-refractivity contribution in [2.75, 3.05) is 19.8 Å². The molecule has 9 heteroatoms. The van der Waals surface area contributed by atoms with Crippen LogP contribution in [0.3, 0.4) is 0 Å². The maximum atomic E-state index is 12.2. The van der Waals surface area contributed by atoms with Crippen molar-refractivity contribution in [3.8, 4) is 0 Å². The summed E-state index contributed by atoms with van der Waals surface area (Å²) in [6.07, 6.45) is 2.00. The van der Waals surface area contributed by atoms with Crippen LogP contribution in [0.2, 0.25) is 0 Å². The molecule has 1 aromatic rings. The first kappa shape index (κ1) is 12.0. The fraction of sp³-hybridized carbons (Fsp3) is 0.700. The lowest BCUT2D eigenvalue weighted by molar-refractivity contribution is -0.130. The minimum atomic E-state index is -0.625. The second kappa shape index (κ2) is 4.92. The number of carbonyl (C=O) groups excluding carboxylic acids is 2. The van der Waals surface area contributed by atoms with Crippen molar-refractivity contribution in [2.24, 2.45) is 0 Å². The van der Waals surface area contributed by atoms with Gasteiger partial charge in [0.1, 0.15) is 6.04 Å². The van der Waals surface area contributed by atoms with Gasteiger partial charge in [-0.3, -0.25) is 9.59 Å². The summed E-state index contributed by atoms with van der Waals surface area (Å²) in [5.41, 5.74) is 0. The number of nitrogens with zero attached hydrogens (tertiary/aromatic N) is 4. The van der Waals surface area contributed by atoms with Crippen LogP contribution in [-0.2, 0) is 9.53 Å². The summed E-state index contributed by atoms with van der Waals surface area (Å²) in [6, 6.07) is -0.378. The van der Waals surface area contributed by atoms with Crippen molar-refractivity contribution in [3.05, 3.63) is 5.82 Å². The lowest BCUT2D eigenvalue weighted by Gasteiger charge is -2.33. The van der Waals surface area contributed by atoms with E-state index in [4.69, 9.17) is 4.74 Å². The van der Waals surface area contributed by atoms with Gasteiger partial charge in [-0.25, -0.2) is 0 Å². The molecular weight excluding hydrogens is 252 g/mol. The van der Waals surface area contributed by atoms with Gasteiger partial charge in [0.2, 0.25) is 5.91 Å². The molecule has 1 saturated carbocycles. The van der Waals surface area contributed by atoms with E-state index in [0.29, 0.717) is 13.2 Å². The first-order valence-corrected chi connectivity index (χ1v) is 6.18. The molecule has 2 heterocycles. The number of H-pyrrole nitrogens is 1. The number of rotatable bonds is 3. The molecular formula is C10H14N6O3. The Labute approximate surface area is 108 Å². The van der Waals surface area contributed by atoms with Crippen LogP contribution in [0.4, 0.5) is 0 Å². The third-order valence-corrected chi connectivity index (χ3v) is 3.15. The second-order valence-electron chi connectivity index (χ2n) is 4.61. The maximum Gasteiger partial charge on any atom is 0.296 e. The van der Waals surface area contributed by atoms with Crippen molar-refractivity contribution in [1.29, 1.82) is 0 Å². The molecule has 19 heavy (non-hydrogen) atoms. The van der Waals surface area contributed by atoms with E-state index < -0.39 is 11.9 Å². The van der Waals surface area contributed by atoms with Crippen LogP contribution in [0.15, 0.2) is 0 Å². The highest BCUT2D eigenvalue weighted by molar-refractivity contribution is 5.95. The Morgan fingerprint density at radius 3 is 2.95 bits per heavy atom. The average Bonchev–Trinajstić information content (AvgIpc) is 3.08. The van der Waals surface area contributed by atoms with E-state index in [0.717, 1.165) is 12.8 Å². The van der Waals surface area contributed by atoms with Crippen molar-refractivity contribution in [3.63, 3.8) is 0 Å².